The van der Waals surface area contributed by atoms with Crippen molar-refractivity contribution in [3.05, 3.63) is 11.8 Å². The van der Waals surface area contributed by atoms with Crippen molar-refractivity contribution >= 4 is 11.9 Å². The van der Waals surface area contributed by atoms with Gasteiger partial charge in [-0.1, -0.05) is 0 Å². The third-order valence-electron chi connectivity index (χ3n) is 1.58. The molecule has 0 bridgehead atoms. The lowest BCUT2D eigenvalue weighted by Gasteiger charge is -2.17. The molecule has 1 heterocycles. The Kier molecular flexibility index (Phi) is 3.50. The molecule has 1 fully saturated rings. The van der Waals surface area contributed by atoms with Crippen LogP contribution in [0.15, 0.2) is 11.8 Å². The highest BCUT2D eigenvalue weighted by Crippen LogP contribution is 1.97. The molecule has 5 nitrogen and oxygen atoms in total. The van der Waals surface area contributed by atoms with Gasteiger partial charge >= 0.3 is 5.97 Å². The minimum absolute atomic E-state index is 0.175. The first-order valence-corrected chi connectivity index (χ1v) is 4.54. The van der Waals surface area contributed by atoms with Crippen LogP contribution in [0, 0.1) is 0 Å². The predicted octanol–water partition coefficient (Wildman–Crippen LogP) is -0.459. The Morgan fingerprint density at radius 1 is 1.43 bits per heavy atom. The lowest BCUT2D eigenvalue weighted by Crippen LogP contribution is -2.43. The van der Waals surface area contributed by atoms with Crippen molar-refractivity contribution < 1.29 is 14.3 Å². The summed E-state index contributed by atoms with van der Waals surface area (Å²) in [5.74, 6) is -0.767. The van der Waals surface area contributed by atoms with E-state index in [0.29, 0.717) is 13.1 Å². The normalized spacial score (nSPS) is 19.1. The van der Waals surface area contributed by atoms with Crippen molar-refractivity contribution in [3.8, 4) is 0 Å². The van der Waals surface area contributed by atoms with E-state index < -0.39 is 5.97 Å². The Labute approximate surface area is 82.5 Å². The molecule has 1 rings (SSSR count). The Bertz CT molecular complexity index is 271. The van der Waals surface area contributed by atoms with Crippen LogP contribution < -0.4 is 10.6 Å². The molecule has 14 heavy (non-hydrogen) atoms. The molecular weight excluding hydrogens is 184 g/mol. The predicted molar refractivity (Wildman–Crippen MR) is 50.3 cm³/mol. The minimum Gasteiger partial charge on any atom is -0.460 e. The molecule has 0 unspecified atom stereocenters. The summed E-state index contributed by atoms with van der Waals surface area (Å²) in [6.45, 7) is 4.72. The van der Waals surface area contributed by atoms with Crippen molar-refractivity contribution in [1.82, 2.24) is 10.6 Å². The second kappa shape index (κ2) is 4.64. The Balaban J connectivity index is 2.57. The van der Waals surface area contributed by atoms with Crippen LogP contribution in [0.2, 0.25) is 0 Å². The monoisotopic (exact) mass is 198 g/mol. The first-order chi connectivity index (χ1) is 6.59. The number of nitrogens with one attached hydrogen (secondary N) is 2. The van der Waals surface area contributed by atoms with Crippen molar-refractivity contribution in [2.24, 2.45) is 0 Å². The second-order valence-electron chi connectivity index (χ2n) is 3.23. The SMILES string of the molecule is CC(C)OC(=O)/C=C1/NCCNC1=O. The summed E-state index contributed by atoms with van der Waals surface area (Å²) < 4.78 is 4.87. The molecule has 0 atom stereocenters. The maximum Gasteiger partial charge on any atom is 0.333 e. The van der Waals surface area contributed by atoms with Crippen LogP contribution in [-0.4, -0.2) is 31.1 Å². The third kappa shape index (κ3) is 3.08. The van der Waals surface area contributed by atoms with Gasteiger partial charge in [-0.2, -0.15) is 0 Å². The summed E-state index contributed by atoms with van der Waals surface area (Å²) >= 11 is 0. The summed E-state index contributed by atoms with van der Waals surface area (Å²) in [5, 5.41) is 5.43. The second-order valence-corrected chi connectivity index (χ2v) is 3.23. The fourth-order valence-electron chi connectivity index (χ4n) is 1.05. The van der Waals surface area contributed by atoms with Gasteiger partial charge in [0.2, 0.25) is 0 Å². The van der Waals surface area contributed by atoms with Gasteiger partial charge in [0.15, 0.2) is 0 Å². The molecule has 0 aliphatic carbocycles. The number of hydrogen-bond acceptors (Lipinski definition) is 4. The van der Waals surface area contributed by atoms with E-state index in [4.69, 9.17) is 4.74 Å². The van der Waals surface area contributed by atoms with Gasteiger partial charge in [0.1, 0.15) is 5.70 Å². The summed E-state index contributed by atoms with van der Waals surface area (Å²) in [7, 11) is 0. The average Bonchev–Trinajstić information content (AvgIpc) is 2.07. The fraction of sp³-hybridized carbons (Fsp3) is 0.556. The maximum absolute atomic E-state index is 11.2. The molecule has 0 aromatic carbocycles. The quantitative estimate of drug-likeness (QED) is 0.465. The van der Waals surface area contributed by atoms with Crippen LogP contribution in [0.3, 0.4) is 0 Å². The zero-order chi connectivity index (χ0) is 10.6. The van der Waals surface area contributed by atoms with Crippen molar-refractivity contribution in [2.75, 3.05) is 13.1 Å². The van der Waals surface area contributed by atoms with E-state index in [-0.39, 0.29) is 17.7 Å². The van der Waals surface area contributed by atoms with E-state index in [9.17, 15) is 9.59 Å². The number of amides is 1. The summed E-state index contributed by atoms with van der Waals surface area (Å²) in [5.41, 5.74) is 0.266. The molecule has 1 saturated heterocycles. The fourth-order valence-corrected chi connectivity index (χ4v) is 1.05. The number of piperazine rings is 1. The molecule has 0 aromatic rings. The van der Waals surface area contributed by atoms with Gasteiger partial charge in [0.05, 0.1) is 12.2 Å². The van der Waals surface area contributed by atoms with Gasteiger partial charge in [-0.15, -0.1) is 0 Å². The van der Waals surface area contributed by atoms with Crippen LogP contribution in [0.4, 0.5) is 0 Å². The number of carbonyl (C=O) groups excluding carboxylic acids is 2. The Morgan fingerprint density at radius 2 is 2.07 bits per heavy atom. The number of hydrogen-bond donors (Lipinski definition) is 2. The Hall–Kier alpha value is -1.52. The van der Waals surface area contributed by atoms with E-state index in [0.717, 1.165) is 0 Å². The number of esters is 1. The first kappa shape index (κ1) is 10.6. The standard InChI is InChI=1S/C9H14N2O3/c1-6(2)14-8(12)5-7-9(13)11-4-3-10-7/h5-6,10H,3-4H2,1-2H3,(H,11,13)/b7-5+. The molecular formula is C9H14N2O3. The minimum atomic E-state index is -0.500. The van der Waals surface area contributed by atoms with Crippen molar-refractivity contribution in [2.45, 2.75) is 20.0 Å². The van der Waals surface area contributed by atoms with Crippen LogP contribution in [-0.2, 0) is 14.3 Å². The van der Waals surface area contributed by atoms with Crippen LogP contribution in [0.1, 0.15) is 13.8 Å². The first-order valence-electron chi connectivity index (χ1n) is 4.54. The summed E-state index contributed by atoms with van der Waals surface area (Å²) in [6.07, 6.45) is 1.00. The molecule has 1 aliphatic heterocycles. The molecule has 1 amide bonds. The molecule has 0 aromatic heterocycles. The lowest BCUT2D eigenvalue weighted by molar-refractivity contribution is -0.141. The molecule has 1 aliphatic rings. The highest BCUT2D eigenvalue weighted by Gasteiger charge is 2.15. The highest BCUT2D eigenvalue weighted by atomic mass is 16.5. The topological polar surface area (TPSA) is 67.4 Å². The molecule has 5 heteroatoms. The lowest BCUT2D eigenvalue weighted by atomic mass is 10.3. The Morgan fingerprint density at radius 3 is 2.64 bits per heavy atom. The van der Waals surface area contributed by atoms with E-state index in [1.807, 2.05) is 0 Å². The van der Waals surface area contributed by atoms with Gasteiger partial charge in [-0.25, -0.2) is 4.79 Å². The van der Waals surface area contributed by atoms with E-state index in [1.165, 1.54) is 6.08 Å². The van der Waals surface area contributed by atoms with Crippen LogP contribution >= 0.6 is 0 Å². The average molecular weight is 198 g/mol. The van der Waals surface area contributed by atoms with Gasteiger partial charge < -0.3 is 15.4 Å². The van der Waals surface area contributed by atoms with Gasteiger partial charge in [0, 0.05) is 13.1 Å². The van der Waals surface area contributed by atoms with Crippen LogP contribution in [0.25, 0.3) is 0 Å². The summed E-state index contributed by atoms with van der Waals surface area (Å²) in [6, 6.07) is 0. The van der Waals surface area contributed by atoms with Crippen LogP contribution in [0.5, 0.6) is 0 Å². The van der Waals surface area contributed by atoms with Gasteiger partial charge in [-0.3, -0.25) is 4.79 Å². The summed E-state index contributed by atoms with van der Waals surface area (Å²) in [4.78, 5) is 22.3. The van der Waals surface area contributed by atoms with Crippen molar-refractivity contribution in [3.63, 3.8) is 0 Å². The van der Waals surface area contributed by atoms with E-state index in [1.54, 1.807) is 13.8 Å². The van der Waals surface area contributed by atoms with E-state index >= 15 is 0 Å². The number of carbonyl (C=O) groups is 2. The molecule has 2 N–H and O–H groups in total. The largest absolute Gasteiger partial charge is 0.460 e. The van der Waals surface area contributed by atoms with Gasteiger partial charge in [-0.05, 0) is 13.8 Å². The molecule has 0 spiro atoms. The zero-order valence-electron chi connectivity index (χ0n) is 8.29. The molecule has 78 valence electrons. The molecule has 0 saturated carbocycles. The third-order valence-corrected chi connectivity index (χ3v) is 1.58. The number of rotatable bonds is 2. The zero-order valence-corrected chi connectivity index (χ0v) is 8.29. The smallest absolute Gasteiger partial charge is 0.333 e. The van der Waals surface area contributed by atoms with E-state index in [2.05, 4.69) is 10.6 Å². The van der Waals surface area contributed by atoms with Crippen molar-refractivity contribution in [1.29, 1.82) is 0 Å². The molecule has 0 radical (unpaired) electrons. The highest BCUT2D eigenvalue weighted by molar-refractivity contribution is 5.99. The maximum atomic E-state index is 11.2. The van der Waals surface area contributed by atoms with Gasteiger partial charge in [0.25, 0.3) is 5.91 Å². The number of ether oxygens (including phenoxy) is 1.